The van der Waals surface area contributed by atoms with Crippen molar-refractivity contribution < 1.29 is 4.74 Å². The SMILES string of the molecule is CC(C)(C)C1=CC(OCc2ccccc2)=C=C=C1. The van der Waals surface area contributed by atoms with Gasteiger partial charge in [-0.05, 0) is 34.4 Å². The fourth-order valence-corrected chi connectivity index (χ4v) is 1.65. The zero-order valence-electron chi connectivity index (χ0n) is 11.2. The number of ether oxygens (including phenoxy) is 1. The summed E-state index contributed by atoms with van der Waals surface area (Å²) in [5.41, 5.74) is 8.51. The summed E-state index contributed by atoms with van der Waals surface area (Å²) < 4.78 is 5.74. The van der Waals surface area contributed by atoms with Gasteiger partial charge in [-0.15, -0.1) is 0 Å². The van der Waals surface area contributed by atoms with Gasteiger partial charge in [0.1, 0.15) is 6.61 Å². The van der Waals surface area contributed by atoms with E-state index in [1.54, 1.807) is 0 Å². The van der Waals surface area contributed by atoms with E-state index in [0.29, 0.717) is 6.61 Å². The van der Waals surface area contributed by atoms with E-state index >= 15 is 0 Å². The van der Waals surface area contributed by atoms with Crippen LogP contribution in [0.4, 0.5) is 0 Å². The summed E-state index contributed by atoms with van der Waals surface area (Å²) in [7, 11) is 0. The third kappa shape index (κ3) is 3.28. The van der Waals surface area contributed by atoms with Crippen LogP contribution in [0.1, 0.15) is 26.3 Å². The van der Waals surface area contributed by atoms with E-state index < -0.39 is 0 Å². The average Bonchev–Trinajstić information content (AvgIpc) is 2.37. The van der Waals surface area contributed by atoms with Crippen molar-refractivity contribution in [3.8, 4) is 0 Å². The van der Waals surface area contributed by atoms with E-state index in [4.69, 9.17) is 4.74 Å². The van der Waals surface area contributed by atoms with Gasteiger partial charge in [0.2, 0.25) is 0 Å². The van der Waals surface area contributed by atoms with Crippen LogP contribution in [0.15, 0.2) is 65.3 Å². The van der Waals surface area contributed by atoms with E-state index in [1.807, 2.05) is 30.4 Å². The van der Waals surface area contributed by atoms with Gasteiger partial charge < -0.3 is 4.74 Å². The Labute approximate surface area is 109 Å². The van der Waals surface area contributed by atoms with E-state index in [1.165, 1.54) is 5.57 Å². The molecule has 1 aliphatic rings. The highest BCUT2D eigenvalue weighted by Crippen LogP contribution is 2.28. The number of rotatable bonds is 3. The summed E-state index contributed by atoms with van der Waals surface area (Å²) in [5.74, 6) is 0.756. The highest BCUT2D eigenvalue weighted by molar-refractivity contribution is 5.34. The molecule has 92 valence electrons. The molecule has 1 heteroatoms. The molecule has 0 spiro atoms. The minimum atomic E-state index is 0.108. The molecule has 0 fully saturated rings. The number of hydrogen-bond acceptors (Lipinski definition) is 1. The molecule has 0 N–H and O–H groups in total. The first-order valence-electron chi connectivity index (χ1n) is 6.16. The summed E-state index contributed by atoms with van der Waals surface area (Å²) in [5, 5.41) is 0. The van der Waals surface area contributed by atoms with Crippen LogP contribution in [0.3, 0.4) is 0 Å². The third-order valence-electron chi connectivity index (χ3n) is 2.81. The van der Waals surface area contributed by atoms with Gasteiger partial charge in [0.15, 0.2) is 5.76 Å². The molecule has 0 bridgehead atoms. The monoisotopic (exact) mass is 238 g/mol. The molecule has 18 heavy (non-hydrogen) atoms. The van der Waals surface area contributed by atoms with Crippen molar-refractivity contribution in [2.75, 3.05) is 0 Å². The fraction of sp³-hybridized carbons (Fsp3) is 0.294. The smallest absolute Gasteiger partial charge is 0.171 e. The van der Waals surface area contributed by atoms with Crippen LogP contribution in [-0.4, -0.2) is 0 Å². The minimum Gasteiger partial charge on any atom is -0.481 e. The second kappa shape index (κ2) is 5.14. The highest BCUT2D eigenvalue weighted by Gasteiger charge is 2.16. The molecule has 0 radical (unpaired) electrons. The fourth-order valence-electron chi connectivity index (χ4n) is 1.65. The van der Waals surface area contributed by atoms with E-state index in [2.05, 4.69) is 44.4 Å². The minimum absolute atomic E-state index is 0.108. The second-order valence-electron chi connectivity index (χ2n) is 5.40. The maximum absolute atomic E-state index is 5.74. The van der Waals surface area contributed by atoms with Crippen LogP contribution in [0.2, 0.25) is 0 Å². The molecule has 0 aliphatic heterocycles. The molecule has 0 atom stereocenters. The van der Waals surface area contributed by atoms with Crippen molar-refractivity contribution in [1.82, 2.24) is 0 Å². The molecule has 0 heterocycles. The van der Waals surface area contributed by atoms with Crippen LogP contribution in [0.25, 0.3) is 0 Å². The lowest BCUT2D eigenvalue weighted by molar-refractivity contribution is 0.211. The van der Waals surface area contributed by atoms with Gasteiger partial charge in [-0.1, -0.05) is 56.8 Å². The molecule has 1 nitrogen and oxygen atoms in total. The van der Waals surface area contributed by atoms with Crippen molar-refractivity contribution in [3.05, 3.63) is 70.8 Å². The Balaban J connectivity index is 2.06. The maximum Gasteiger partial charge on any atom is 0.171 e. The number of benzene rings is 1. The first-order valence-corrected chi connectivity index (χ1v) is 6.16. The molecule has 0 amide bonds. The zero-order chi connectivity index (χ0) is 13.0. The second-order valence-corrected chi connectivity index (χ2v) is 5.40. The quantitative estimate of drug-likeness (QED) is 0.710. The Morgan fingerprint density at radius 2 is 1.83 bits per heavy atom. The molecule has 1 aliphatic carbocycles. The molecule has 0 unspecified atom stereocenters. The third-order valence-corrected chi connectivity index (χ3v) is 2.81. The highest BCUT2D eigenvalue weighted by atomic mass is 16.5. The van der Waals surface area contributed by atoms with Crippen molar-refractivity contribution in [3.63, 3.8) is 0 Å². The number of allylic oxidation sites excluding steroid dienone is 3. The van der Waals surface area contributed by atoms with E-state index in [9.17, 15) is 0 Å². The molecule has 2 rings (SSSR count). The summed E-state index contributed by atoms with van der Waals surface area (Å²) in [6, 6.07) is 10.1. The zero-order valence-corrected chi connectivity index (χ0v) is 11.2. The van der Waals surface area contributed by atoms with Crippen LogP contribution < -0.4 is 0 Å². The van der Waals surface area contributed by atoms with Crippen molar-refractivity contribution >= 4 is 0 Å². The molecular weight excluding hydrogens is 220 g/mol. The van der Waals surface area contributed by atoms with Gasteiger partial charge in [-0.3, -0.25) is 0 Å². The Hall–Kier alpha value is -1.94. The summed E-state index contributed by atoms with van der Waals surface area (Å²) >= 11 is 0. The van der Waals surface area contributed by atoms with Gasteiger partial charge in [0.25, 0.3) is 0 Å². The van der Waals surface area contributed by atoms with Crippen LogP contribution in [0, 0.1) is 5.41 Å². The predicted molar refractivity (Wildman–Crippen MR) is 73.9 cm³/mol. The summed E-state index contributed by atoms with van der Waals surface area (Å²) in [6.45, 7) is 7.10. The largest absolute Gasteiger partial charge is 0.481 e. The van der Waals surface area contributed by atoms with Gasteiger partial charge in [-0.25, -0.2) is 0 Å². The van der Waals surface area contributed by atoms with E-state index in [-0.39, 0.29) is 5.41 Å². The van der Waals surface area contributed by atoms with Gasteiger partial charge >= 0.3 is 0 Å². The van der Waals surface area contributed by atoms with Crippen LogP contribution in [0.5, 0.6) is 0 Å². The summed E-state index contributed by atoms with van der Waals surface area (Å²) in [6.07, 6.45) is 4.01. The van der Waals surface area contributed by atoms with Crippen LogP contribution >= 0.6 is 0 Å². The molecule has 0 saturated heterocycles. The lowest BCUT2D eigenvalue weighted by Crippen LogP contribution is -2.08. The Morgan fingerprint density at radius 1 is 1.11 bits per heavy atom. The van der Waals surface area contributed by atoms with Crippen LogP contribution in [-0.2, 0) is 11.3 Å². The van der Waals surface area contributed by atoms with E-state index in [0.717, 1.165) is 11.3 Å². The van der Waals surface area contributed by atoms with Gasteiger partial charge in [0, 0.05) is 0 Å². The summed E-state index contributed by atoms with van der Waals surface area (Å²) in [4.78, 5) is 0. The molecule has 1 aromatic rings. The predicted octanol–water partition coefficient (Wildman–Crippen LogP) is 4.38. The first kappa shape index (κ1) is 12.5. The topological polar surface area (TPSA) is 9.23 Å². The van der Waals surface area contributed by atoms with Gasteiger partial charge in [-0.2, -0.15) is 0 Å². The molecule has 0 aromatic heterocycles. The molecule has 1 aromatic carbocycles. The van der Waals surface area contributed by atoms with Gasteiger partial charge in [0.05, 0.1) is 0 Å². The normalized spacial score (nSPS) is 14.2. The molecule has 0 saturated carbocycles. The first-order chi connectivity index (χ1) is 8.55. The number of hydrogen-bond donors (Lipinski definition) is 0. The average molecular weight is 238 g/mol. The van der Waals surface area contributed by atoms with Crippen molar-refractivity contribution in [1.29, 1.82) is 0 Å². The Morgan fingerprint density at radius 3 is 2.50 bits per heavy atom. The lowest BCUT2D eigenvalue weighted by atomic mass is 9.85. The standard InChI is InChI=1S/C17H18O/c1-17(2,3)15-10-7-11-16(12-15)18-13-14-8-5-4-6-9-14/h4-6,8-10,12H,13H2,1-3H3. The Kier molecular flexibility index (Phi) is 3.58. The Bertz CT molecular complexity index is 543. The maximum atomic E-state index is 5.74. The molecular formula is C17H18O. The lowest BCUT2D eigenvalue weighted by Gasteiger charge is -2.20. The van der Waals surface area contributed by atoms with Crippen molar-refractivity contribution in [2.24, 2.45) is 5.41 Å². The van der Waals surface area contributed by atoms with Crippen molar-refractivity contribution in [2.45, 2.75) is 27.4 Å².